The Bertz CT molecular complexity index is 750. The number of halogens is 1. The Kier molecular flexibility index (Phi) is 6.74. The van der Waals surface area contributed by atoms with E-state index < -0.39 is 0 Å². The number of hydrogen-bond acceptors (Lipinski definition) is 2. The van der Waals surface area contributed by atoms with E-state index in [9.17, 15) is 9.18 Å². The van der Waals surface area contributed by atoms with Gasteiger partial charge in [0.2, 0.25) is 0 Å². The third-order valence-corrected chi connectivity index (χ3v) is 4.72. The standard InChI is InChI=1S/C22H27FO2/c1-5-17-13-21(23)22(12-16(17)4)25-14-20-15(3)8-7-9-18(20)10-11-19(24)6-2/h7-9,12-13H,5-6,10-11,14H2,1-4H3. The summed E-state index contributed by atoms with van der Waals surface area (Å²) in [5.74, 6) is 0.220. The SMILES string of the molecule is CCC(=O)CCc1cccc(C)c1COc1cc(C)c(CC)cc1F. The molecule has 0 radical (unpaired) electrons. The zero-order chi connectivity index (χ0) is 18.4. The summed E-state index contributed by atoms with van der Waals surface area (Å²) < 4.78 is 20.0. The predicted octanol–water partition coefficient (Wildman–Crippen LogP) is 5.50. The summed E-state index contributed by atoms with van der Waals surface area (Å²) >= 11 is 0. The van der Waals surface area contributed by atoms with Crippen molar-refractivity contribution in [1.82, 2.24) is 0 Å². The van der Waals surface area contributed by atoms with Crippen molar-refractivity contribution in [2.75, 3.05) is 0 Å². The molecule has 0 fully saturated rings. The van der Waals surface area contributed by atoms with Gasteiger partial charge in [0, 0.05) is 12.8 Å². The molecule has 0 saturated carbocycles. The normalized spacial score (nSPS) is 10.8. The third-order valence-electron chi connectivity index (χ3n) is 4.72. The number of ether oxygens (including phenoxy) is 1. The van der Waals surface area contributed by atoms with Crippen LogP contribution in [0.5, 0.6) is 5.75 Å². The van der Waals surface area contributed by atoms with Crippen molar-refractivity contribution in [2.24, 2.45) is 0 Å². The minimum absolute atomic E-state index is 0.255. The molecule has 0 heterocycles. The van der Waals surface area contributed by atoms with Crippen LogP contribution in [0, 0.1) is 19.7 Å². The van der Waals surface area contributed by atoms with Crippen molar-refractivity contribution >= 4 is 5.78 Å². The molecule has 0 bridgehead atoms. The molecule has 0 N–H and O–H groups in total. The fourth-order valence-electron chi connectivity index (χ4n) is 2.99. The quantitative estimate of drug-likeness (QED) is 0.633. The first-order valence-electron chi connectivity index (χ1n) is 8.97. The van der Waals surface area contributed by atoms with Crippen LogP contribution in [0.2, 0.25) is 0 Å². The van der Waals surface area contributed by atoms with Crippen molar-refractivity contribution in [3.05, 3.63) is 64.0 Å². The first kappa shape index (κ1) is 19.2. The molecule has 3 heteroatoms. The third kappa shape index (κ3) is 4.91. The second-order valence-electron chi connectivity index (χ2n) is 6.46. The van der Waals surface area contributed by atoms with Gasteiger partial charge in [-0.15, -0.1) is 0 Å². The highest BCUT2D eigenvalue weighted by molar-refractivity contribution is 5.78. The fourth-order valence-corrected chi connectivity index (χ4v) is 2.99. The van der Waals surface area contributed by atoms with Gasteiger partial charge in [-0.25, -0.2) is 4.39 Å². The molecule has 2 rings (SSSR count). The van der Waals surface area contributed by atoms with E-state index in [1.807, 2.05) is 45.9 Å². The van der Waals surface area contributed by atoms with Crippen LogP contribution in [0.4, 0.5) is 4.39 Å². The summed E-state index contributed by atoms with van der Waals surface area (Å²) in [6.07, 6.45) is 2.59. The average Bonchev–Trinajstić information content (AvgIpc) is 2.60. The van der Waals surface area contributed by atoms with Gasteiger partial charge in [0.1, 0.15) is 12.4 Å². The minimum atomic E-state index is -0.321. The first-order chi connectivity index (χ1) is 12.0. The number of ketones is 1. The van der Waals surface area contributed by atoms with E-state index in [1.54, 1.807) is 12.1 Å². The highest BCUT2D eigenvalue weighted by atomic mass is 19.1. The number of hydrogen-bond donors (Lipinski definition) is 0. The molecule has 0 aliphatic rings. The number of carbonyl (C=O) groups is 1. The Morgan fingerprint density at radius 2 is 1.84 bits per heavy atom. The summed E-state index contributed by atoms with van der Waals surface area (Å²) in [4.78, 5) is 11.6. The van der Waals surface area contributed by atoms with Crippen LogP contribution >= 0.6 is 0 Å². The molecule has 0 saturated heterocycles. The number of benzene rings is 2. The highest BCUT2D eigenvalue weighted by Gasteiger charge is 2.12. The van der Waals surface area contributed by atoms with E-state index in [4.69, 9.17) is 4.74 Å². The van der Waals surface area contributed by atoms with Gasteiger partial charge in [0.15, 0.2) is 11.6 Å². The lowest BCUT2D eigenvalue weighted by Crippen LogP contribution is -2.06. The fraction of sp³-hybridized carbons (Fsp3) is 0.409. The van der Waals surface area contributed by atoms with E-state index in [0.717, 1.165) is 34.2 Å². The van der Waals surface area contributed by atoms with Gasteiger partial charge in [-0.3, -0.25) is 4.79 Å². The highest BCUT2D eigenvalue weighted by Crippen LogP contribution is 2.25. The van der Waals surface area contributed by atoms with Crippen molar-refractivity contribution in [1.29, 1.82) is 0 Å². The lowest BCUT2D eigenvalue weighted by atomic mass is 9.97. The van der Waals surface area contributed by atoms with Crippen LogP contribution in [0.3, 0.4) is 0 Å². The molecule has 0 aliphatic carbocycles. The zero-order valence-corrected chi connectivity index (χ0v) is 15.6. The molecule has 2 aromatic carbocycles. The van der Waals surface area contributed by atoms with Gasteiger partial charge in [-0.2, -0.15) is 0 Å². The van der Waals surface area contributed by atoms with E-state index >= 15 is 0 Å². The van der Waals surface area contributed by atoms with Crippen molar-refractivity contribution in [2.45, 2.75) is 60.0 Å². The summed E-state index contributed by atoms with van der Waals surface area (Å²) in [5.41, 5.74) is 5.29. The largest absolute Gasteiger partial charge is 0.486 e. The number of Topliss-reactive ketones (excluding diaryl/α,β-unsaturated/α-hetero) is 1. The van der Waals surface area contributed by atoms with E-state index in [1.165, 1.54) is 0 Å². The molecule has 2 aromatic rings. The van der Waals surface area contributed by atoms with E-state index in [-0.39, 0.29) is 17.3 Å². The van der Waals surface area contributed by atoms with Crippen LogP contribution in [-0.4, -0.2) is 5.78 Å². The Labute approximate surface area is 150 Å². The van der Waals surface area contributed by atoms with Crippen LogP contribution in [0.1, 0.15) is 54.5 Å². The maximum absolute atomic E-state index is 14.3. The van der Waals surface area contributed by atoms with Crippen molar-refractivity contribution < 1.29 is 13.9 Å². The van der Waals surface area contributed by atoms with Crippen molar-refractivity contribution in [3.8, 4) is 5.75 Å². The summed E-state index contributed by atoms with van der Waals surface area (Å²) in [5, 5.41) is 0. The molecular weight excluding hydrogens is 315 g/mol. The maximum Gasteiger partial charge on any atom is 0.165 e. The van der Waals surface area contributed by atoms with E-state index in [2.05, 4.69) is 0 Å². The maximum atomic E-state index is 14.3. The molecule has 25 heavy (non-hydrogen) atoms. The smallest absolute Gasteiger partial charge is 0.165 e. The topological polar surface area (TPSA) is 26.3 Å². The molecule has 0 spiro atoms. The molecule has 0 atom stereocenters. The molecule has 0 amide bonds. The van der Waals surface area contributed by atoms with Gasteiger partial charge in [-0.05, 0) is 66.6 Å². The molecule has 0 aromatic heterocycles. The number of rotatable bonds is 8. The minimum Gasteiger partial charge on any atom is -0.486 e. The van der Waals surface area contributed by atoms with Crippen LogP contribution in [0.15, 0.2) is 30.3 Å². The Balaban J connectivity index is 2.18. The summed E-state index contributed by atoms with van der Waals surface area (Å²) in [6, 6.07) is 9.36. The second-order valence-corrected chi connectivity index (χ2v) is 6.46. The van der Waals surface area contributed by atoms with Crippen LogP contribution < -0.4 is 4.74 Å². The van der Waals surface area contributed by atoms with Gasteiger partial charge >= 0.3 is 0 Å². The Morgan fingerprint density at radius 1 is 1.08 bits per heavy atom. The van der Waals surface area contributed by atoms with E-state index in [0.29, 0.717) is 25.9 Å². The first-order valence-corrected chi connectivity index (χ1v) is 8.97. The van der Waals surface area contributed by atoms with Crippen molar-refractivity contribution in [3.63, 3.8) is 0 Å². The molecule has 0 aliphatic heterocycles. The van der Waals surface area contributed by atoms with Gasteiger partial charge in [0.05, 0.1) is 0 Å². The predicted molar refractivity (Wildman–Crippen MR) is 99.6 cm³/mol. The van der Waals surface area contributed by atoms with Gasteiger partial charge < -0.3 is 4.74 Å². The summed E-state index contributed by atoms with van der Waals surface area (Å²) in [7, 11) is 0. The molecule has 134 valence electrons. The number of carbonyl (C=O) groups excluding carboxylic acids is 1. The summed E-state index contributed by atoms with van der Waals surface area (Å²) in [6.45, 7) is 8.20. The molecule has 2 nitrogen and oxygen atoms in total. The average molecular weight is 342 g/mol. The number of aryl methyl sites for hydroxylation is 4. The monoisotopic (exact) mass is 342 g/mol. The Morgan fingerprint density at radius 3 is 2.52 bits per heavy atom. The van der Waals surface area contributed by atoms with Crippen LogP contribution in [-0.2, 0) is 24.2 Å². The zero-order valence-electron chi connectivity index (χ0n) is 15.6. The Hall–Kier alpha value is -2.16. The molecule has 0 unspecified atom stereocenters. The molecular formula is C22H27FO2. The lowest BCUT2D eigenvalue weighted by molar-refractivity contribution is -0.118. The lowest BCUT2D eigenvalue weighted by Gasteiger charge is -2.15. The second kappa shape index (κ2) is 8.80. The van der Waals surface area contributed by atoms with Gasteiger partial charge in [0.25, 0.3) is 0 Å². The van der Waals surface area contributed by atoms with Gasteiger partial charge in [-0.1, -0.05) is 32.0 Å². The van der Waals surface area contributed by atoms with Crippen LogP contribution in [0.25, 0.3) is 0 Å².